The van der Waals surface area contributed by atoms with Gasteiger partial charge in [0, 0.05) is 12.1 Å². The minimum atomic E-state index is -1.03. The number of hydrogen-bond acceptors (Lipinski definition) is 5. The summed E-state index contributed by atoms with van der Waals surface area (Å²) in [4.78, 5) is 41.5. The lowest BCUT2D eigenvalue weighted by atomic mass is 10.0. The monoisotopic (exact) mass is 474 g/mol. The van der Waals surface area contributed by atoms with Crippen molar-refractivity contribution in [1.29, 1.82) is 0 Å². The van der Waals surface area contributed by atoms with Crippen molar-refractivity contribution >= 4 is 50.1 Å². The highest BCUT2D eigenvalue weighted by Crippen LogP contribution is 2.28. The van der Waals surface area contributed by atoms with E-state index in [1.54, 1.807) is 32.0 Å². The number of amides is 3. The molecule has 0 saturated heterocycles. The Morgan fingerprint density at radius 1 is 1.06 bits per heavy atom. The van der Waals surface area contributed by atoms with Crippen molar-refractivity contribution in [3.63, 3.8) is 0 Å². The molecule has 33 heavy (non-hydrogen) atoms. The van der Waals surface area contributed by atoms with Crippen LogP contribution in [0.4, 0.5) is 19.6 Å². The Hall–Kier alpha value is -3.40. The predicted molar refractivity (Wildman–Crippen MR) is 124 cm³/mol. The van der Waals surface area contributed by atoms with Crippen molar-refractivity contribution in [2.45, 2.75) is 39.7 Å². The molecule has 0 fully saturated rings. The van der Waals surface area contributed by atoms with Gasteiger partial charge in [0.25, 0.3) is 5.91 Å². The zero-order chi connectivity index (χ0) is 24.1. The van der Waals surface area contributed by atoms with Crippen LogP contribution in [0.2, 0.25) is 0 Å². The van der Waals surface area contributed by atoms with Gasteiger partial charge in [-0.15, -0.1) is 0 Å². The maximum atomic E-state index is 13.9. The van der Waals surface area contributed by atoms with Crippen LogP contribution in [-0.2, 0) is 9.59 Å². The predicted octanol–water partition coefficient (Wildman–Crippen LogP) is 4.71. The molecule has 0 radical (unpaired) electrons. The fraction of sp³-hybridized carbons (Fsp3) is 0.304. The number of rotatable bonds is 8. The van der Waals surface area contributed by atoms with Gasteiger partial charge >= 0.3 is 0 Å². The number of benzene rings is 2. The number of halogens is 2. The first-order valence-electron chi connectivity index (χ1n) is 10.5. The average Bonchev–Trinajstić information content (AvgIpc) is 3.13. The minimum absolute atomic E-state index is 0.119. The Morgan fingerprint density at radius 2 is 1.76 bits per heavy atom. The van der Waals surface area contributed by atoms with E-state index in [2.05, 4.69) is 20.9 Å². The quantitative estimate of drug-likeness (QED) is 0.440. The van der Waals surface area contributed by atoms with E-state index in [1.165, 1.54) is 11.3 Å². The number of nitrogens with zero attached hydrogens (tertiary/aromatic N) is 1. The lowest BCUT2D eigenvalue weighted by Crippen LogP contribution is -2.47. The molecule has 1 atom stereocenters. The van der Waals surface area contributed by atoms with E-state index in [4.69, 9.17) is 0 Å². The summed E-state index contributed by atoms with van der Waals surface area (Å²) in [5, 5.41) is 8.35. The Balaban J connectivity index is 1.74. The van der Waals surface area contributed by atoms with E-state index in [0.29, 0.717) is 22.8 Å². The summed E-state index contributed by atoms with van der Waals surface area (Å²) in [6, 6.07) is 7.14. The maximum Gasteiger partial charge on any atom is 0.257 e. The van der Waals surface area contributed by atoms with E-state index in [1.807, 2.05) is 6.92 Å². The number of carbonyl (C=O) groups excluding carboxylic acids is 3. The summed E-state index contributed by atoms with van der Waals surface area (Å²) >= 11 is 1.27. The lowest BCUT2D eigenvalue weighted by Gasteiger charge is -2.22. The Morgan fingerprint density at radius 3 is 2.39 bits per heavy atom. The third-order valence-corrected chi connectivity index (χ3v) is 5.74. The molecule has 10 heteroatoms. The van der Waals surface area contributed by atoms with Crippen LogP contribution in [0.25, 0.3) is 10.2 Å². The van der Waals surface area contributed by atoms with Gasteiger partial charge in [0.05, 0.1) is 10.2 Å². The van der Waals surface area contributed by atoms with Crippen LogP contribution in [0.15, 0.2) is 36.4 Å². The Labute approximate surface area is 193 Å². The topological polar surface area (TPSA) is 100 Å². The molecule has 3 aromatic rings. The van der Waals surface area contributed by atoms with Gasteiger partial charge in [-0.3, -0.25) is 14.4 Å². The number of thiazole rings is 1. The first kappa shape index (κ1) is 24.2. The van der Waals surface area contributed by atoms with E-state index >= 15 is 0 Å². The number of hydrogen-bond donors (Lipinski definition) is 3. The van der Waals surface area contributed by atoms with Crippen LogP contribution in [0.5, 0.6) is 0 Å². The Bertz CT molecular complexity index is 1180. The zero-order valence-electron chi connectivity index (χ0n) is 18.4. The first-order valence-corrected chi connectivity index (χ1v) is 11.3. The molecule has 3 rings (SSSR count). The molecule has 0 spiro atoms. The van der Waals surface area contributed by atoms with E-state index in [9.17, 15) is 23.2 Å². The third-order valence-electron chi connectivity index (χ3n) is 4.80. The van der Waals surface area contributed by atoms with Gasteiger partial charge in [0.2, 0.25) is 11.8 Å². The van der Waals surface area contributed by atoms with Crippen LogP contribution in [0.3, 0.4) is 0 Å². The van der Waals surface area contributed by atoms with Crippen LogP contribution >= 0.6 is 11.3 Å². The molecule has 0 aliphatic rings. The van der Waals surface area contributed by atoms with Crippen molar-refractivity contribution in [2.75, 3.05) is 10.6 Å². The lowest BCUT2D eigenvalue weighted by molar-refractivity contribution is -0.119. The second kappa shape index (κ2) is 10.5. The molecule has 7 nitrogen and oxygen atoms in total. The highest BCUT2D eigenvalue weighted by atomic mass is 32.1. The van der Waals surface area contributed by atoms with Crippen molar-refractivity contribution < 1.29 is 23.2 Å². The molecule has 1 aromatic heterocycles. The van der Waals surface area contributed by atoms with Crippen LogP contribution in [0.1, 0.15) is 44.0 Å². The van der Waals surface area contributed by atoms with Crippen LogP contribution in [0, 0.1) is 17.6 Å². The van der Waals surface area contributed by atoms with E-state index in [-0.39, 0.29) is 11.8 Å². The fourth-order valence-electron chi connectivity index (χ4n) is 3.15. The van der Waals surface area contributed by atoms with E-state index < -0.39 is 35.1 Å². The van der Waals surface area contributed by atoms with Crippen molar-refractivity contribution in [3.8, 4) is 0 Å². The molecule has 3 N–H and O–H groups in total. The molecule has 0 aliphatic heterocycles. The average molecular weight is 475 g/mol. The van der Waals surface area contributed by atoms with Gasteiger partial charge in [-0.05, 0) is 42.7 Å². The van der Waals surface area contributed by atoms with Crippen LogP contribution in [-0.4, -0.2) is 28.7 Å². The molecule has 0 bridgehead atoms. The zero-order valence-corrected chi connectivity index (χ0v) is 19.2. The largest absolute Gasteiger partial charge is 0.340 e. The van der Waals surface area contributed by atoms with Crippen LogP contribution < -0.4 is 16.0 Å². The van der Waals surface area contributed by atoms with Gasteiger partial charge in [-0.1, -0.05) is 38.2 Å². The summed E-state index contributed by atoms with van der Waals surface area (Å²) < 4.78 is 28.6. The molecule has 3 amide bonds. The molecule has 174 valence electrons. The minimum Gasteiger partial charge on any atom is -0.340 e. The highest BCUT2D eigenvalue weighted by molar-refractivity contribution is 7.22. The van der Waals surface area contributed by atoms with Crippen molar-refractivity contribution in [1.82, 2.24) is 10.3 Å². The van der Waals surface area contributed by atoms with Gasteiger partial charge in [-0.2, -0.15) is 0 Å². The maximum absolute atomic E-state index is 13.9. The molecule has 0 aliphatic carbocycles. The van der Waals surface area contributed by atoms with Gasteiger partial charge < -0.3 is 16.0 Å². The molecule has 1 heterocycles. The summed E-state index contributed by atoms with van der Waals surface area (Å²) in [5.41, 5.74) is 0.382. The molecular formula is C23H24F2N4O3S. The molecular weight excluding hydrogens is 450 g/mol. The van der Waals surface area contributed by atoms with E-state index in [0.717, 1.165) is 29.3 Å². The second-order valence-electron chi connectivity index (χ2n) is 7.78. The fourth-order valence-corrected chi connectivity index (χ4v) is 4.07. The molecule has 2 aromatic carbocycles. The molecule has 0 unspecified atom stereocenters. The summed E-state index contributed by atoms with van der Waals surface area (Å²) in [7, 11) is 0. The smallest absolute Gasteiger partial charge is 0.257 e. The number of nitrogens with one attached hydrogen (secondary N) is 3. The van der Waals surface area contributed by atoms with Gasteiger partial charge in [-0.25, -0.2) is 13.8 Å². The number of anilines is 2. The Kier molecular flexibility index (Phi) is 7.70. The highest BCUT2D eigenvalue weighted by Gasteiger charge is 2.27. The molecule has 0 saturated carbocycles. The normalized spacial score (nSPS) is 11.9. The second-order valence-corrected chi connectivity index (χ2v) is 8.81. The summed E-state index contributed by atoms with van der Waals surface area (Å²) in [6.07, 6.45) is 1.13. The number of fused-ring (bicyclic) bond motifs is 1. The third kappa shape index (κ3) is 5.89. The van der Waals surface area contributed by atoms with Gasteiger partial charge in [0.15, 0.2) is 5.13 Å². The van der Waals surface area contributed by atoms with Crippen molar-refractivity contribution in [3.05, 3.63) is 53.6 Å². The SMILES string of the molecule is CCCC(=O)Nc1nc2ccc(NC(=O)[C@H](NC(=O)c3c(F)cccc3F)C(C)C)cc2s1. The first-order chi connectivity index (χ1) is 15.7. The van der Waals surface area contributed by atoms with Gasteiger partial charge in [0.1, 0.15) is 23.2 Å². The summed E-state index contributed by atoms with van der Waals surface area (Å²) in [5.74, 6) is -4.02. The standard InChI is InChI=1S/C23H24F2N4O3S/c1-4-6-18(30)28-23-27-16-10-9-13(11-17(16)33-23)26-22(32)20(12(2)3)29-21(31)19-14(24)7-5-8-15(19)25/h5,7-12,20H,4,6H2,1-3H3,(H,26,32)(H,29,31)(H,27,28,30)/t20-/m1/s1. The van der Waals surface area contributed by atoms with Crippen molar-refractivity contribution in [2.24, 2.45) is 5.92 Å². The number of carbonyl (C=O) groups is 3. The number of aromatic nitrogens is 1. The summed E-state index contributed by atoms with van der Waals surface area (Å²) in [6.45, 7) is 5.33.